The Kier molecular flexibility index (Phi) is 12.9. The number of halogens is 1. The molecule has 0 aliphatic carbocycles. The number of hydrogen-bond donors (Lipinski definition) is 1. The van der Waals surface area contributed by atoms with E-state index in [2.05, 4.69) is 48.3 Å². The minimum atomic E-state index is 0. The summed E-state index contributed by atoms with van der Waals surface area (Å²) in [6, 6.07) is 8.46. The zero-order valence-corrected chi connectivity index (χ0v) is 24.6. The van der Waals surface area contributed by atoms with E-state index in [1.54, 1.807) is 28.4 Å². The van der Waals surface area contributed by atoms with Crippen molar-refractivity contribution in [2.45, 2.75) is 58.3 Å². The number of nitrogens with zero attached hydrogens (tertiary/aromatic N) is 1. The zero-order chi connectivity index (χ0) is 26.1. The van der Waals surface area contributed by atoms with Crippen molar-refractivity contribution >= 4 is 12.4 Å². The Hall–Kier alpha value is -2.15. The summed E-state index contributed by atoms with van der Waals surface area (Å²) >= 11 is 0. The second-order valence-corrected chi connectivity index (χ2v) is 9.90. The molecule has 0 bridgehead atoms. The van der Waals surface area contributed by atoms with E-state index in [4.69, 9.17) is 18.9 Å². The van der Waals surface area contributed by atoms with Gasteiger partial charge >= 0.3 is 0 Å². The third-order valence-electron chi connectivity index (χ3n) is 7.62. The first-order valence-electron chi connectivity index (χ1n) is 13.3. The third kappa shape index (κ3) is 7.92. The number of rotatable bonds is 7. The van der Waals surface area contributed by atoms with Crippen LogP contribution >= 0.6 is 12.4 Å². The van der Waals surface area contributed by atoms with Gasteiger partial charge in [0.25, 0.3) is 0 Å². The number of likely N-dealkylation sites (N-methyl/N-ethyl adjacent to an activating group) is 1. The monoisotopic (exact) mass is 534 g/mol. The molecule has 2 aliphatic rings. The molecular formula is C30H47ClN2O4. The number of benzene rings is 2. The van der Waals surface area contributed by atoms with E-state index in [1.807, 2.05) is 6.92 Å². The molecule has 6 nitrogen and oxygen atoms in total. The summed E-state index contributed by atoms with van der Waals surface area (Å²) in [7, 11) is 6.95. The molecule has 37 heavy (non-hydrogen) atoms. The predicted octanol–water partition coefficient (Wildman–Crippen LogP) is 6.11. The molecule has 0 spiro atoms. The van der Waals surface area contributed by atoms with Crippen molar-refractivity contribution in [1.29, 1.82) is 0 Å². The van der Waals surface area contributed by atoms with E-state index in [1.165, 1.54) is 43.4 Å². The van der Waals surface area contributed by atoms with Crippen LogP contribution in [0.25, 0.3) is 0 Å². The number of aryl methyl sites for hydroxylation is 2. The van der Waals surface area contributed by atoms with Gasteiger partial charge in [-0.05, 0) is 94.6 Å². The van der Waals surface area contributed by atoms with Crippen LogP contribution in [0.3, 0.4) is 0 Å². The molecule has 0 aromatic heterocycles. The van der Waals surface area contributed by atoms with Gasteiger partial charge in [-0.1, -0.05) is 6.92 Å². The lowest BCUT2D eigenvalue weighted by molar-refractivity contribution is 0.215. The minimum Gasteiger partial charge on any atom is -0.496 e. The van der Waals surface area contributed by atoms with Crippen molar-refractivity contribution in [2.75, 3.05) is 61.2 Å². The van der Waals surface area contributed by atoms with Gasteiger partial charge < -0.3 is 29.2 Å². The zero-order valence-electron chi connectivity index (χ0n) is 23.8. The fourth-order valence-corrected chi connectivity index (χ4v) is 5.50. The summed E-state index contributed by atoms with van der Waals surface area (Å²) in [6.45, 7) is 12.0. The number of piperidine rings is 2. The van der Waals surface area contributed by atoms with Gasteiger partial charge in [0.05, 0.1) is 28.4 Å². The van der Waals surface area contributed by atoms with Gasteiger partial charge in [0.1, 0.15) is 23.0 Å². The molecule has 208 valence electrons. The highest BCUT2D eigenvalue weighted by molar-refractivity contribution is 5.85. The predicted molar refractivity (Wildman–Crippen MR) is 155 cm³/mol. The molecule has 0 radical (unpaired) electrons. The highest BCUT2D eigenvalue weighted by atomic mass is 35.5. The smallest absolute Gasteiger partial charge is 0.122 e. The van der Waals surface area contributed by atoms with Crippen molar-refractivity contribution in [1.82, 2.24) is 10.2 Å². The van der Waals surface area contributed by atoms with Gasteiger partial charge in [0.15, 0.2) is 0 Å². The van der Waals surface area contributed by atoms with Gasteiger partial charge in [-0.2, -0.15) is 0 Å². The van der Waals surface area contributed by atoms with Crippen LogP contribution in [-0.2, 0) is 0 Å². The second-order valence-electron chi connectivity index (χ2n) is 9.90. The first-order valence-corrected chi connectivity index (χ1v) is 13.3. The number of nitrogens with one attached hydrogen (secondary N) is 1. The van der Waals surface area contributed by atoms with Gasteiger partial charge in [-0.3, -0.25) is 0 Å². The first-order chi connectivity index (χ1) is 17.4. The molecule has 2 aromatic rings. The SMILES string of the molecule is CCN1CCC[C@@H](c2cc(OC)c(C)cc2OC)C1.COc1cc(C2CCCNC2)c(OC)cc1C.Cl. The lowest BCUT2D eigenvalue weighted by Gasteiger charge is -2.33. The third-order valence-corrected chi connectivity index (χ3v) is 7.62. The summed E-state index contributed by atoms with van der Waals surface area (Å²) in [4.78, 5) is 2.51. The van der Waals surface area contributed by atoms with Crippen molar-refractivity contribution in [3.63, 3.8) is 0 Å². The molecular weight excluding hydrogens is 488 g/mol. The lowest BCUT2D eigenvalue weighted by Crippen LogP contribution is -2.34. The molecule has 2 saturated heterocycles. The van der Waals surface area contributed by atoms with Crippen molar-refractivity contribution in [3.05, 3.63) is 46.5 Å². The van der Waals surface area contributed by atoms with Crippen LogP contribution in [0, 0.1) is 13.8 Å². The summed E-state index contributed by atoms with van der Waals surface area (Å²) in [5, 5.41) is 3.44. The molecule has 2 aliphatic heterocycles. The van der Waals surface area contributed by atoms with Crippen LogP contribution in [0.4, 0.5) is 0 Å². The molecule has 0 saturated carbocycles. The Balaban J connectivity index is 0.000000255. The highest BCUT2D eigenvalue weighted by Gasteiger charge is 2.24. The number of ether oxygens (including phenoxy) is 4. The molecule has 0 amide bonds. The molecule has 7 heteroatoms. The fraction of sp³-hybridized carbons (Fsp3) is 0.600. The van der Waals surface area contributed by atoms with E-state index in [0.717, 1.165) is 60.3 Å². The number of likely N-dealkylation sites (tertiary alicyclic amines) is 1. The molecule has 1 N–H and O–H groups in total. The van der Waals surface area contributed by atoms with Crippen LogP contribution < -0.4 is 24.3 Å². The molecule has 2 fully saturated rings. The van der Waals surface area contributed by atoms with Gasteiger partial charge in [-0.25, -0.2) is 0 Å². The van der Waals surface area contributed by atoms with Gasteiger partial charge in [0.2, 0.25) is 0 Å². The summed E-state index contributed by atoms with van der Waals surface area (Å²) in [6.07, 6.45) is 4.94. The van der Waals surface area contributed by atoms with E-state index < -0.39 is 0 Å². The van der Waals surface area contributed by atoms with Crippen LogP contribution in [0.5, 0.6) is 23.0 Å². The minimum absolute atomic E-state index is 0. The quantitative estimate of drug-likeness (QED) is 0.462. The average Bonchev–Trinajstić information content (AvgIpc) is 2.93. The Morgan fingerprint density at radius 1 is 0.757 bits per heavy atom. The van der Waals surface area contributed by atoms with Crippen LogP contribution in [-0.4, -0.2) is 66.1 Å². The normalized spacial score (nSPS) is 19.6. The Morgan fingerprint density at radius 3 is 1.73 bits per heavy atom. The molecule has 4 rings (SSSR count). The fourth-order valence-electron chi connectivity index (χ4n) is 5.50. The molecule has 2 heterocycles. The Bertz CT molecular complexity index is 979. The summed E-state index contributed by atoms with van der Waals surface area (Å²) < 4.78 is 21.9. The maximum absolute atomic E-state index is 5.57. The largest absolute Gasteiger partial charge is 0.496 e. The highest BCUT2D eigenvalue weighted by Crippen LogP contribution is 2.38. The standard InChI is InChI=1S/C16H25NO2.C14H21NO2.ClH/c1-5-17-8-6-7-13(11-17)14-10-15(18-3)12(2)9-16(14)19-4;1-10-7-14(17-3)12(8-13(10)16-2)11-5-4-6-15-9-11;/h9-10,13H,5-8,11H2,1-4H3;7-8,11,15H,4-6,9H2,1-3H3;1H/t13-;;/m1../s1. The van der Waals surface area contributed by atoms with E-state index in [-0.39, 0.29) is 12.4 Å². The van der Waals surface area contributed by atoms with E-state index in [9.17, 15) is 0 Å². The van der Waals surface area contributed by atoms with Crippen molar-refractivity contribution < 1.29 is 18.9 Å². The summed E-state index contributed by atoms with van der Waals surface area (Å²) in [5.74, 6) is 4.99. The van der Waals surface area contributed by atoms with Gasteiger partial charge in [0, 0.05) is 36.1 Å². The Morgan fingerprint density at radius 2 is 1.27 bits per heavy atom. The van der Waals surface area contributed by atoms with Crippen molar-refractivity contribution in [2.24, 2.45) is 0 Å². The van der Waals surface area contributed by atoms with Gasteiger partial charge in [-0.15, -0.1) is 12.4 Å². The molecule has 2 atom stereocenters. The Labute approximate surface area is 230 Å². The second kappa shape index (κ2) is 15.3. The van der Waals surface area contributed by atoms with E-state index in [0.29, 0.717) is 11.8 Å². The molecule has 1 unspecified atom stereocenters. The maximum atomic E-state index is 5.57. The van der Waals surface area contributed by atoms with E-state index >= 15 is 0 Å². The lowest BCUT2D eigenvalue weighted by atomic mass is 9.89. The molecule has 2 aromatic carbocycles. The number of hydrogen-bond acceptors (Lipinski definition) is 6. The number of methoxy groups -OCH3 is 4. The first kappa shape index (κ1) is 31.1. The van der Waals surface area contributed by atoms with Crippen LogP contribution in [0.2, 0.25) is 0 Å². The summed E-state index contributed by atoms with van der Waals surface area (Å²) in [5.41, 5.74) is 4.81. The van der Waals surface area contributed by atoms with Crippen LogP contribution in [0.15, 0.2) is 24.3 Å². The maximum Gasteiger partial charge on any atom is 0.122 e. The van der Waals surface area contributed by atoms with Crippen LogP contribution in [0.1, 0.15) is 66.7 Å². The average molecular weight is 535 g/mol. The van der Waals surface area contributed by atoms with Crippen molar-refractivity contribution in [3.8, 4) is 23.0 Å². The topological polar surface area (TPSA) is 52.2 Å².